The van der Waals surface area contributed by atoms with Crippen LogP contribution in [0.15, 0.2) is 18.2 Å². The van der Waals surface area contributed by atoms with Gasteiger partial charge in [0, 0.05) is 36.7 Å². The lowest BCUT2D eigenvalue weighted by molar-refractivity contribution is -0.384. The van der Waals surface area contributed by atoms with E-state index < -0.39 is 4.92 Å². The van der Waals surface area contributed by atoms with Gasteiger partial charge in [0.15, 0.2) is 0 Å². The van der Waals surface area contributed by atoms with Crippen LogP contribution in [-0.4, -0.2) is 34.7 Å². The van der Waals surface area contributed by atoms with E-state index in [9.17, 15) is 14.9 Å². The van der Waals surface area contributed by atoms with Gasteiger partial charge in [0.2, 0.25) is 0 Å². The van der Waals surface area contributed by atoms with Gasteiger partial charge in [-0.2, -0.15) is 0 Å². The summed E-state index contributed by atoms with van der Waals surface area (Å²) in [5.74, 6) is 0.914. The maximum Gasteiger partial charge on any atom is 0.270 e. The number of aryl methyl sites for hydroxylation is 1. The van der Waals surface area contributed by atoms with E-state index in [0.29, 0.717) is 30.5 Å². The molecule has 1 saturated heterocycles. The number of piperidine rings is 1. The molecule has 1 unspecified atom stereocenters. The van der Waals surface area contributed by atoms with Crippen LogP contribution in [0.5, 0.6) is 0 Å². The number of nitro groups is 1. The second-order valence-corrected chi connectivity index (χ2v) is 5.87. The minimum atomic E-state index is -0.470. The molecule has 0 bridgehead atoms. The van der Waals surface area contributed by atoms with Crippen LogP contribution in [0.1, 0.15) is 35.2 Å². The summed E-state index contributed by atoms with van der Waals surface area (Å²) in [5, 5.41) is 10.9. The molecule has 1 heterocycles. The molecule has 1 aromatic rings. The Kier molecular flexibility index (Phi) is 5.17. The van der Waals surface area contributed by atoms with E-state index in [2.05, 4.69) is 0 Å². The number of rotatable bonds is 4. The number of likely N-dealkylation sites (tertiary alicyclic amines) is 1. The molecule has 0 saturated carbocycles. The number of amides is 1. The highest BCUT2D eigenvalue weighted by molar-refractivity contribution is 6.17. The number of hydrogen-bond acceptors (Lipinski definition) is 3. The Labute approximate surface area is 129 Å². The van der Waals surface area contributed by atoms with E-state index in [1.54, 1.807) is 17.9 Å². The molecule has 1 amide bonds. The fraction of sp³-hybridized carbons (Fsp3) is 0.533. The first-order valence-electron chi connectivity index (χ1n) is 7.13. The van der Waals surface area contributed by atoms with Gasteiger partial charge in [-0.1, -0.05) is 6.07 Å². The minimum absolute atomic E-state index is 0.0433. The maximum absolute atomic E-state index is 12.6. The van der Waals surface area contributed by atoms with Crippen molar-refractivity contribution in [3.8, 4) is 0 Å². The van der Waals surface area contributed by atoms with Gasteiger partial charge in [-0.25, -0.2) is 0 Å². The van der Waals surface area contributed by atoms with Crippen LogP contribution < -0.4 is 0 Å². The van der Waals surface area contributed by atoms with Crippen LogP contribution in [-0.2, 0) is 0 Å². The Morgan fingerprint density at radius 3 is 2.95 bits per heavy atom. The van der Waals surface area contributed by atoms with Crippen molar-refractivity contribution >= 4 is 23.2 Å². The molecule has 1 aromatic carbocycles. The smallest absolute Gasteiger partial charge is 0.270 e. The quantitative estimate of drug-likeness (QED) is 0.486. The summed E-state index contributed by atoms with van der Waals surface area (Å²) in [6, 6.07) is 4.44. The Hall–Kier alpha value is -1.62. The zero-order chi connectivity index (χ0) is 15.4. The minimum Gasteiger partial charge on any atom is -0.338 e. The standard InChI is InChI=1S/C15H19ClN2O3/c1-11-4-5-13(18(20)21)9-14(11)15(19)17-8-2-3-12(10-17)6-7-16/h4-5,9,12H,2-3,6-8,10H2,1H3. The summed E-state index contributed by atoms with van der Waals surface area (Å²) in [5.41, 5.74) is 1.15. The highest BCUT2D eigenvalue weighted by atomic mass is 35.5. The van der Waals surface area contributed by atoms with Crippen molar-refractivity contribution in [1.29, 1.82) is 0 Å². The number of carbonyl (C=O) groups is 1. The Balaban J connectivity index is 2.19. The van der Waals surface area contributed by atoms with Gasteiger partial charge in [-0.15, -0.1) is 11.6 Å². The first-order chi connectivity index (χ1) is 10.0. The summed E-state index contributed by atoms with van der Waals surface area (Å²) in [6.45, 7) is 3.20. The van der Waals surface area contributed by atoms with Crippen LogP contribution in [0.3, 0.4) is 0 Å². The van der Waals surface area contributed by atoms with Crippen molar-refractivity contribution in [1.82, 2.24) is 4.90 Å². The van der Waals surface area contributed by atoms with Crippen molar-refractivity contribution in [3.05, 3.63) is 39.4 Å². The second kappa shape index (κ2) is 6.89. The SMILES string of the molecule is Cc1ccc([N+](=O)[O-])cc1C(=O)N1CCCC(CCCl)C1. The van der Waals surface area contributed by atoms with Crippen LogP contribution in [0, 0.1) is 23.0 Å². The third kappa shape index (κ3) is 3.73. The van der Waals surface area contributed by atoms with Crippen molar-refractivity contribution in [2.75, 3.05) is 19.0 Å². The Bertz CT molecular complexity index is 546. The predicted molar refractivity (Wildman–Crippen MR) is 81.8 cm³/mol. The molecular weight excluding hydrogens is 292 g/mol. The molecule has 0 aromatic heterocycles. The third-order valence-corrected chi connectivity index (χ3v) is 4.20. The van der Waals surface area contributed by atoms with Crippen molar-refractivity contribution in [2.45, 2.75) is 26.2 Å². The summed E-state index contributed by atoms with van der Waals surface area (Å²) < 4.78 is 0. The van der Waals surface area contributed by atoms with Crippen LogP contribution >= 0.6 is 11.6 Å². The van der Waals surface area contributed by atoms with Crippen LogP contribution in [0.25, 0.3) is 0 Å². The van der Waals surface area contributed by atoms with Gasteiger partial charge < -0.3 is 4.90 Å². The van der Waals surface area contributed by atoms with E-state index in [0.717, 1.165) is 24.8 Å². The third-order valence-electron chi connectivity index (χ3n) is 3.99. The Morgan fingerprint density at radius 2 is 2.29 bits per heavy atom. The molecule has 2 rings (SSSR count). The molecule has 114 valence electrons. The largest absolute Gasteiger partial charge is 0.338 e. The fourth-order valence-electron chi connectivity index (χ4n) is 2.76. The zero-order valence-corrected chi connectivity index (χ0v) is 12.8. The van der Waals surface area contributed by atoms with Gasteiger partial charge in [-0.3, -0.25) is 14.9 Å². The van der Waals surface area contributed by atoms with Crippen molar-refractivity contribution in [2.24, 2.45) is 5.92 Å². The van der Waals surface area contributed by atoms with Gasteiger partial charge in [-0.05, 0) is 37.7 Å². The first-order valence-corrected chi connectivity index (χ1v) is 7.66. The van der Waals surface area contributed by atoms with E-state index in [1.165, 1.54) is 12.1 Å². The zero-order valence-electron chi connectivity index (χ0n) is 12.0. The number of carbonyl (C=O) groups excluding carboxylic acids is 1. The topological polar surface area (TPSA) is 63.5 Å². The number of hydrogen-bond donors (Lipinski definition) is 0. The summed E-state index contributed by atoms with van der Waals surface area (Å²) in [4.78, 5) is 24.8. The van der Waals surface area contributed by atoms with Crippen LogP contribution in [0.2, 0.25) is 0 Å². The molecule has 6 heteroatoms. The van der Waals surface area contributed by atoms with E-state index in [4.69, 9.17) is 11.6 Å². The normalized spacial score (nSPS) is 18.6. The van der Waals surface area contributed by atoms with Crippen LogP contribution in [0.4, 0.5) is 5.69 Å². The molecule has 1 aliphatic rings. The van der Waals surface area contributed by atoms with Gasteiger partial charge in [0.05, 0.1) is 4.92 Å². The predicted octanol–water partition coefficient (Wildman–Crippen LogP) is 3.38. The molecule has 5 nitrogen and oxygen atoms in total. The average molecular weight is 311 g/mol. The van der Waals surface area contributed by atoms with Gasteiger partial charge in [0.1, 0.15) is 0 Å². The number of nitrogens with zero attached hydrogens (tertiary/aromatic N) is 2. The highest BCUT2D eigenvalue weighted by Crippen LogP contribution is 2.24. The number of non-ortho nitro benzene ring substituents is 1. The molecular formula is C15H19ClN2O3. The average Bonchev–Trinajstić information content (AvgIpc) is 2.47. The number of benzene rings is 1. The molecule has 0 N–H and O–H groups in total. The van der Waals surface area contributed by atoms with Crippen molar-refractivity contribution in [3.63, 3.8) is 0 Å². The Morgan fingerprint density at radius 1 is 1.52 bits per heavy atom. The lowest BCUT2D eigenvalue weighted by Crippen LogP contribution is -2.40. The summed E-state index contributed by atoms with van der Waals surface area (Å²) in [6.07, 6.45) is 2.95. The molecule has 1 atom stereocenters. The monoisotopic (exact) mass is 310 g/mol. The molecule has 0 spiro atoms. The maximum atomic E-state index is 12.6. The molecule has 0 radical (unpaired) electrons. The van der Waals surface area contributed by atoms with E-state index in [-0.39, 0.29) is 11.6 Å². The van der Waals surface area contributed by atoms with Gasteiger partial charge in [0.25, 0.3) is 11.6 Å². The van der Waals surface area contributed by atoms with E-state index >= 15 is 0 Å². The lowest BCUT2D eigenvalue weighted by atomic mass is 9.94. The second-order valence-electron chi connectivity index (χ2n) is 5.49. The summed E-state index contributed by atoms with van der Waals surface area (Å²) in [7, 11) is 0. The van der Waals surface area contributed by atoms with E-state index in [1.807, 2.05) is 0 Å². The number of halogens is 1. The lowest BCUT2D eigenvalue weighted by Gasteiger charge is -2.32. The molecule has 1 aliphatic heterocycles. The molecule has 0 aliphatic carbocycles. The van der Waals surface area contributed by atoms with Gasteiger partial charge >= 0.3 is 0 Å². The number of nitro benzene ring substituents is 1. The summed E-state index contributed by atoms with van der Waals surface area (Å²) >= 11 is 5.78. The highest BCUT2D eigenvalue weighted by Gasteiger charge is 2.26. The molecule has 21 heavy (non-hydrogen) atoms. The fourth-order valence-corrected chi connectivity index (χ4v) is 3.07. The van der Waals surface area contributed by atoms with Crippen molar-refractivity contribution < 1.29 is 9.72 Å². The first kappa shape index (κ1) is 15.8. The number of alkyl halides is 1. The molecule has 1 fully saturated rings.